The van der Waals surface area contributed by atoms with Crippen molar-refractivity contribution >= 4 is 22.2 Å². The molecule has 0 aliphatic heterocycles. The van der Waals surface area contributed by atoms with E-state index in [1.807, 2.05) is 44.6 Å². The van der Waals surface area contributed by atoms with Crippen LogP contribution in [-0.4, -0.2) is 26.2 Å². The van der Waals surface area contributed by atoms with Gasteiger partial charge in [-0.1, -0.05) is 11.3 Å². The van der Waals surface area contributed by atoms with Crippen LogP contribution in [0.25, 0.3) is 0 Å². The predicted octanol–water partition coefficient (Wildman–Crippen LogP) is 3.20. The molecule has 0 saturated carbocycles. The van der Waals surface area contributed by atoms with Crippen LogP contribution in [0.3, 0.4) is 0 Å². The van der Waals surface area contributed by atoms with Gasteiger partial charge in [0.1, 0.15) is 5.75 Å². The van der Waals surface area contributed by atoms with Crippen LogP contribution in [0.4, 0.5) is 10.8 Å². The minimum absolute atomic E-state index is 0.329. The zero-order valence-corrected chi connectivity index (χ0v) is 12.5. The first-order chi connectivity index (χ1) is 9.15. The molecule has 0 amide bonds. The summed E-state index contributed by atoms with van der Waals surface area (Å²) in [5.41, 5.74) is 1.10. The number of methoxy groups -OCH3 is 1. The second kappa shape index (κ2) is 6.04. The number of hydrogen-bond donors (Lipinski definition) is 1. The van der Waals surface area contributed by atoms with Gasteiger partial charge in [-0.15, -0.1) is 0 Å². The summed E-state index contributed by atoms with van der Waals surface area (Å²) in [6, 6.07) is 8.30. The van der Waals surface area contributed by atoms with Crippen LogP contribution in [0.1, 0.15) is 17.8 Å². The summed E-state index contributed by atoms with van der Waals surface area (Å²) < 4.78 is 5.16. The third-order valence-electron chi connectivity index (χ3n) is 3.12. The van der Waals surface area contributed by atoms with Crippen LogP contribution in [0.15, 0.2) is 30.5 Å². The van der Waals surface area contributed by atoms with Crippen molar-refractivity contribution in [3.8, 4) is 5.75 Å². The van der Waals surface area contributed by atoms with Gasteiger partial charge in [0.15, 0.2) is 5.13 Å². The molecule has 1 aromatic heterocycles. The molecule has 0 fully saturated rings. The maximum Gasteiger partial charge on any atom is 0.189 e. The topological polar surface area (TPSA) is 37.4 Å². The molecular formula is C14H19N3OS. The first-order valence-corrected chi connectivity index (χ1v) is 6.98. The summed E-state index contributed by atoms with van der Waals surface area (Å²) in [4.78, 5) is 7.79. The average molecular weight is 277 g/mol. The third kappa shape index (κ3) is 3.05. The van der Waals surface area contributed by atoms with Crippen LogP contribution in [0.2, 0.25) is 0 Å². The van der Waals surface area contributed by atoms with Crippen molar-refractivity contribution in [1.82, 2.24) is 10.3 Å². The highest BCUT2D eigenvalue weighted by atomic mass is 32.1. The minimum atomic E-state index is 0.329. The Morgan fingerprint density at radius 2 is 2.00 bits per heavy atom. The Balaban J connectivity index is 2.18. The van der Waals surface area contributed by atoms with Crippen LogP contribution in [0, 0.1) is 0 Å². The third-order valence-corrected chi connectivity index (χ3v) is 4.37. The number of rotatable bonds is 5. The number of thiazole rings is 1. The fraction of sp³-hybridized carbons (Fsp3) is 0.357. The van der Waals surface area contributed by atoms with Crippen LogP contribution in [-0.2, 0) is 0 Å². The van der Waals surface area contributed by atoms with Gasteiger partial charge in [-0.05, 0) is 38.2 Å². The lowest BCUT2D eigenvalue weighted by Gasteiger charge is -2.16. The van der Waals surface area contributed by atoms with E-state index in [9.17, 15) is 0 Å². The van der Waals surface area contributed by atoms with E-state index in [0.717, 1.165) is 16.6 Å². The van der Waals surface area contributed by atoms with Crippen LogP contribution >= 0.6 is 11.3 Å². The van der Waals surface area contributed by atoms with Gasteiger partial charge in [0.25, 0.3) is 0 Å². The standard InChI is InChI=1S/C14H19N3OS/c1-10(15-2)13-9-16-14(19-13)17(3)11-5-7-12(18-4)8-6-11/h5-10,15H,1-4H3. The highest BCUT2D eigenvalue weighted by Crippen LogP contribution is 2.31. The van der Waals surface area contributed by atoms with Crippen LogP contribution < -0.4 is 15.0 Å². The molecule has 0 saturated heterocycles. The van der Waals surface area contributed by atoms with Crippen molar-refractivity contribution in [2.75, 3.05) is 26.1 Å². The van der Waals surface area contributed by atoms with E-state index < -0.39 is 0 Å². The molecule has 2 rings (SSSR count). The molecule has 4 nitrogen and oxygen atoms in total. The molecule has 2 aromatic rings. The van der Waals surface area contributed by atoms with E-state index in [-0.39, 0.29) is 0 Å². The molecular weight excluding hydrogens is 258 g/mol. The normalized spacial score (nSPS) is 12.2. The summed E-state index contributed by atoms with van der Waals surface area (Å²) in [7, 11) is 5.65. The number of hydrogen-bond acceptors (Lipinski definition) is 5. The molecule has 1 heterocycles. The second-order valence-corrected chi connectivity index (χ2v) is 5.35. The zero-order valence-electron chi connectivity index (χ0n) is 11.7. The highest BCUT2D eigenvalue weighted by Gasteiger charge is 2.12. The van der Waals surface area contributed by atoms with Crippen molar-refractivity contribution in [2.24, 2.45) is 0 Å². The van der Waals surface area contributed by atoms with E-state index in [1.165, 1.54) is 4.88 Å². The largest absolute Gasteiger partial charge is 0.497 e. The van der Waals surface area contributed by atoms with Crippen molar-refractivity contribution in [3.63, 3.8) is 0 Å². The fourth-order valence-corrected chi connectivity index (χ4v) is 2.65. The molecule has 0 aliphatic rings. The molecule has 1 aromatic carbocycles. The Morgan fingerprint density at radius 3 is 2.58 bits per heavy atom. The molecule has 19 heavy (non-hydrogen) atoms. The van der Waals surface area contributed by atoms with Crippen LogP contribution in [0.5, 0.6) is 5.75 Å². The summed E-state index contributed by atoms with van der Waals surface area (Å²) in [5.74, 6) is 0.862. The molecule has 5 heteroatoms. The quantitative estimate of drug-likeness (QED) is 0.910. The number of nitrogens with one attached hydrogen (secondary N) is 1. The highest BCUT2D eigenvalue weighted by molar-refractivity contribution is 7.15. The summed E-state index contributed by atoms with van der Waals surface area (Å²) in [6.45, 7) is 2.13. The van der Waals surface area contributed by atoms with Crippen molar-refractivity contribution in [3.05, 3.63) is 35.3 Å². The maximum absolute atomic E-state index is 5.16. The second-order valence-electron chi connectivity index (χ2n) is 4.31. The molecule has 1 unspecified atom stereocenters. The number of nitrogens with zero attached hydrogens (tertiary/aromatic N) is 2. The Labute approximate surface area is 118 Å². The first kappa shape index (κ1) is 13.8. The SMILES string of the molecule is CNC(C)c1cnc(N(C)c2ccc(OC)cc2)s1. The molecule has 1 atom stereocenters. The van der Waals surface area contributed by atoms with Gasteiger partial charge in [0.05, 0.1) is 7.11 Å². The van der Waals surface area contributed by atoms with Gasteiger partial charge < -0.3 is 15.0 Å². The van der Waals surface area contributed by atoms with Crippen molar-refractivity contribution < 1.29 is 4.74 Å². The van der Waals surface area contributed by atoms with E-state index >= 15 is 0 Å². The van der Waals surface area contributed by atoms with Gasteiger partial charge in [-0.3, -0.25) is 0 Å². The molecule has 102 valence electrons. The molecule has 0 radical (unpaired) electrons. The number of ether oxygens (including phenoxy) is 1. The number of aromatic nitrogens is 1. The summed E-state index contributed by atoms with van der Waals surface area (Å²) in [6.07, 6.45) is 1.93. The smallest absolute Gasteiger partial charge is 0.189 e. The molecule has 0 aliphatic carbocycles. The summed E-state index contributed by atoms with van der Waals surface area (Å²) in [5, 5.41) is 4.21. The number of benzene rings is 1. The lowest BCUT2D eigenvalue weighted by atomic mass is 10.3. The lowest BCUT2D eigenvalue weighted by Crippen LogP contribution is -2.10. The monoisotopic (exact) mass is 277 g/mol. The number of anilines is 2. The van der Waals surface area contributed by atoms with E-state index in [0.29, 0.717) is 6.04 Å². The Hall–Kier alpha value is -1.59. The molecule has 0 bridgehead atoms. The van der Waals surface area contributed by atoms with E-state index in [1.54, 1.807) is 18.4 Å². The fourth-order valence-electron chi connectivity index (χ4n) is 1.69. The lowest BCUT2D eigenvalue weighted by molar-refractivity contribution is 0.415. The Kier molecular flexibility index (Phi) is 4.39. The Morgan fingerprint density at radius 1 is 1.32 bits per heavy atom. The summed E-state index contributed by atoms with van der Waals surface area (Å²) >= 11 is 1.70. The van der Waals surface area contributed by atoms with Gasteiger partial charge in [0.2, 0.25) is 0 Å². The Bertz CT molecular complexity index is 524. The van der Waals surface area contributed by atoms with Gasteiger partial charge in [0, 0.05) is 29.9 Å². The molecule has 0 spiro atoms. The van der Waals surface area contributed by atoms with E-state index in [2.05, 4.69) is 22.1 Å². The van der Waals surface area contributed by atoms with Gasteiger partial charge in [-0.2, -0.15) is 0 Å². The predicted molar refractivity (Wildman–Crippen MR) is 80.6 cm³/mol. The van der Waals surface area contributed by atoms with Gasteiger partial charge in [-0.25, -0.2) is 4.98 Å². The van der Waals surface area contributed by atoms with Gasteiger partial charge >= 0.3 is 0 Å². The minimum Gasteiger partial charge on any atom is -0.497 e. The molecule has 1 N–H and O–H groups in total. The maximum atomic E-state index is 5.16. The van der Waals surface area contributed by atoms with E-state index in [4.69, 9.17) is 4.74 Å². The average Bonchev–Trinajstić information content (AvgIpc) is 2.95. The zero-order chi connectivity index (χ0) is 13.8. The van der Waals surface area contributed by atoms with Crippen molar-refractivity contribution in [1.29, 1.82) is 0 Å². The first-order valence-electron chi connectivity index (χ1n) is 6.16. The van der Waals surface area contributed by atoms with Crippen molar-refractivity contribution in [2.45, 2.75) is 13.0 Å².